The third-order valence-electron chi connectivity index (χ3n) is 2.32. The maximum absolute atomic E-state index is 8.94. The van der Waals surface area contributed by atoms with Crippen molar-refractivity contribution in [1.82, 2.24) is 0 Å². The maximum atomic E-state index is 8.94. The molecule has 1 aromatic carbocycles. The minimum absolute atomic E-state index is 0.0804. The van der Waals surface area contributed by atoms with Crippen LogP contribution in [0.4, 0.5) is 0 Å². The summed E-state index contributed by atoms with van der Waals surface area (Å²) in [5, 5.41) is 8.94. The highest BCUT2D eigenvalue weighted by atomic mass is 16.5. The summed E-state index contributed by atoms with van der Waals surface area (Å²) in [5.74, 6) is 0.927. The van der Waals surface area contributed by atoms with Crippen LogP contribution < -0.4 is 4.74 Å². The van der Waals surface area contributed by atoms with Crippen LogP contribution in [-0.4, -0.2) is 10.7 Å². The van der Waals surface area contributed by atoms with Gasteiger partial charge in [0.1, 0.15) is 11.4 Å². The van der Waals surface area contributed by atoms with E-state index in [1.807, 2.05) is 18.2 Å². The summed E-state index contributed by atoms with van der Waals surface area (Å²) in [5.41, 5.74) is 2.06. The standard InChI is InChI=1S/C11H14O2/c1-11(2)6-9-4-3-8(7-12)5-10(9)13-11/h3-5,12H,6-7H2,1-2H3. The molecule has 0 amide bonds. The fourth-order valence-corrected chi connectivity index (χ4v) is 1.73. The molecule has 0 bridgehead atoms. The van der Waals surface area contributed by atoms with E-state index in [4.69, 9.17) is 9.84 Å². The molecule has 0 saturated carbocycles. The molecule has 2 heteroatoms. The molecule has 0 atom stereocenters. The van der Waals surface area contributed by atoms with E-state index in [1.54, 1.807) is 0 Å². The molecule has 2 nitrogen and oxygen atoms in total. The maximum Gasteiger partial charge on any atom is 0.123 e. The van der Waals surface area contributed by atoms with Gasteiger partial charge in [-0.3, -0.25) is 0 Å². The Hall–Kier alpha value is -1.02. The van der Waals surface area contributed by atoms with Gasteiger partial charge >= 0.3 is 0 Å². The summed E-state index contributed by atoms with van der Waals surface area (Å²) in [6.45, 7) is 4.23. The van der Waals surface area contributed by atoms with E-state index in [1.165, 1.54) is 5.56 Å². The summed E-state index contributed by atoms with van der Waals surface area (Å²) >= 11 is 0. The van der Waals surface area contributed by atoms with Crippen LogP contribution in [0.3, 0.4) is 0 Å². The first kappa shape index (κ1) is 8.57. The molecule has 0 radical (unpaired) electrons. The molecule has 1 N–H and O–H groups in total. The van der Waals surface area contributed by atoms with Gasteiger partial charge in [-0.25, -0.2) is 0 Å². The van der Waals surface area contributed by atoms with Gasteiger partial charge in [-0.2, -0.15) is 0 Å². The molecule has 0 unspecified atom stereocenters. The molecule has 0 aliphatic carbocycles. The highest BCUT2D eigenvalue weighted by Crippen LogP contribution is 2.35. The first-order valence-corrected chi connectivity index (χ1v) is 4.52. The van der Waals surface area contributed by atoms with Crippen LogP contribution in [-0.2, 0) is 13.0 Å². The minimum Gasteiger partial charge on any atom is -0.487 e. The summed E-state index contributed by atoms with van der Waals surface area (Å²) < 4.78 is 5.73. The van der Waals surface area contributed by atoms with Crippen molar-refractivity contribution in [2.75, 3.05) is 0 Å². The largest absolute Gasteiger partial charge is 0.487 e. The summed E-state index contributed by atoms with van der Waals surface area (Å²) in [6, 6.07) is 5.91. The zero-order valence-corrected chi connectivity index (χ0v) is 8.00. The monoisotopic (exact) mass is 178 g/mol. The number of rotatable bonds is 1. The Kier molecular flexibility index (Phi) is 1.81. The zero-order chi connectivity index (χ0) is 9.47. The number of ether oxygens (including phenoxy) is 1. The Morgan fingerprint density at radius 2 is 2.23 bits per heavy atom. The van der Waals surface area contributed by atoms with Gasteiger partial charge in [-0.1, -0.05) is 12.1 Å². The lowest BCUT2D eigenvalue weighted by atomic mass is 10.0. The first-order chi connectivity index (χ1) is 6.11. The molecule has 0 spiro atoms. The third-order valence-corrected chi connectivity index (χ3v) is 2.32. The number of aliphatic hydroxyl groups is 1. The summed E-state index contributed by atoms with van der Waals surface area (Å²) in [4.78, 5) is 0. The van der Waals surface area contributed by atoms with Crippen LogP contribution in [0.5, 0.6) is 5.75 Å². The van der Waals surface area contributed by atoms with Crippen molar-refractivity contribution in [2.24, 2.45) is 0 Å². The van der Waals surface area contributed by atoms with Crippen LogP contribution in [0.25, 0.3) is 0 Å². The Morgan fingerprint density at radius 3 is 2.92 bits per heavy atom. The lowest BCUT2D eigenvalue weighted by molar-refractivity contribution is 0.138. The fraction of sp³-hybridized carbons (Fsp3) is 0.455. The second-order valence-corrected chi connectivity index (χ2v) is 4.14. The number of fused-ring (bicyclic) bond motifs is 1. The third kappa shape index (κ3) is 1.54. The van der Waals surface area contributed by atoms with Crippen molar-refractivity contribution in [2.45, 2.75) is 32.5 Å². The number of aliphatic hydroxyl groups excluding tert-OH is 1. The van der Waals surface area contributed by atoms with E-state index in [0.29, 0.717) is 0 Å². The Balaban J connectivity index is 2.36. The van der Waals surface area contributed by atoms with E-state index in [2.05, 4.69) is 13.8 Å². The van der Waals surface area contributed by atoms with Crippen LogP contribution in [0.2, 0.25) is 0 Å². The second-order valence-electron chi connectivity index (χ2n) is 4.14. The molecule has 1 heterocycles. The van der Waals surface area contributed by atoms with Crippen LogP contribution in [0.1, 0.15) is 25.0 Å². The highest BCUT2D eigenvalue weighted by Gasteiger charge is 2.29. The van der Waals surface area contributed by atoms with Crippen molar-refractivity contribution in [3.8, 4) is 5.75 Å². The highest BCUT2D eigenvalue weighted by molar-refractivity contribution is 5.41. The van der Waals surface area contributed by atoms with Crippen LogP contribution in [0, 0.1) is 0 Å². The molecule has 0 saturated heterocycles. The van der Waals surface area contributed by atoms with Crippen LogP contribution in [0.15, 0.2) is 18.2 Å². The Morgan fingerprint density at radius 1 is 1.46 bits per heavy atom. The Bertz CT molecular complexity index is 329. The van der Waals surface area contributed by atoms with Crippen molar-refractivity contribution >= 4 is 0 Å². The Labute approximate surface area is 78.2 Å². The molecule has 1 aliphatic rings. The van der Waals surface area contributed by atoms with Gasteiger partial charge in [-0.05, 0) is 31.0 Å². The smallest absolute Gasteiger partial charge is 0.123 e. The van der Waals surface area contributed by atoms with Gasteiger partial charge in [0.2, 0.25) is 0 Å². The zero-order valence-electron chi connectivity index (χ0n) is 8.00. The number of hydrogen-bond acceptors (Lipinski definition) is 2. The molecule has 1 aliphatic heterocycles. The SMILES string of the molecule is CC1(C)Cc2ccc(CO)cc2O1. The molecule has 70 valence electrons. The van der Waals surface area contributed by atoms with E-state index < -0.39 is 0 Å². The van der Waals surface area contributed by atoms with E-state index in [9.17, 15) is 0 Å². The van der Waals surface area contributed by atoms with Crippen molar-refractivity contribution in [3.05, 3.63) is 29.3 Å². The van der Waals surface area contributed by atoms with E-state index in [-0.39, 0.29) is 12.2 Å². The van der Waals surface area contributed by atoms with Crippen molar-refractivity contribution in [1.29, 1.82) is 0 Å². The van der Waals surface area contributed by atoms with Gasteiger partial charge in [0, 0.05) is 6.42 Å². The topological polar surface area (TPSA) is 29.5 Å². The normalized spacial score (nSPS) is 18.1. The summed E-state index contributed by atoms with van der Waals surface area (Å²) in [7, 11) is 0. The molecule has 13 heavy (non-hydrogen) atoms. The quantitative estimate of drug-likeness (QED) is 0.711. The van der Waals surface area contributed by atoms with Crippen LogP contribution >= 0.6 is 0 Å². The predicted octanol–water partition coefficient (Wildman–Crippen LogP) is 1.89. The minimum atomic E-state index is -0.0869. The van der Waals surface area contributed by atoms with Gasteiger partial charge in [0.05, 0.1) is 6.61 Å². The van der Waals surface area contributed by atoms with E-state index >= 15 is 0 Å². The lowest BCUT2D eigenvalue weighted by Gasteiger charge is -2.16. The molecule has 1 aromatic rings. The lowest BCUT2D eigenvalue weighted by Crippen LogP contribution is -2.24. The number of hydrogen-bond donors (Lipinski definition) is 1. The molecular formula is C11H14O2. The second kappa shape index (κ2) is 2.74. The molecule has 2 rings (SSSR count). The molecule has 0 fully saturated rings. The predicted molar refractivity (Wildman–Crippen MR) is 50.8 cm³/mol. The summed E-state index contributed by atoms with van der Waals surface area (Å²) in [6.07, 6.45) is 0.952. The average Bonchev–Trinajstić information content (AvgIpc) is 2.36. The van der Waals surface area contributed by atoms with E-state index in [0.717, 1.165) is 17.7 Å². The van der Waals surface area contributed by atoms with Gasteiger partial charge in [0.25, 0.3) is 0 Å². The average molecular weight is 178 g/mol. The van der Waals surface area contributed by atoms with Crippen molar-refractivity contribution < 1.29 is 9.84 Å². The first-order valence-electron chi connectivity index (χ1n) is 4.52. The number of benzene rings is 1. The van der Waals surface area contributed by atoms with Gasteiger partial charge in [0.15, 0.2) is 0 Å². The van der Waals surface area contributed by atoms with Gasteiger partial charge in [-0.15, -0.1) is 0 Å². The fourth-order valence-electron chi connectivity index (χ4n) is 1.73. The molecular weight excluding hydrogens is 164 g/mol. The van der Waals surface area contributed by atoms with Crippen molar-refractivity contribution in [3.63, 3.8) is 0 Å². The van der Waals surface area contributed by atoms with Gasteiger partial charge < -0.3 is 9.84 Å². The molecule has 0 aromatic heterocycles.